The molecule has 10 nitrogen and oxygen atoms in total. The van der Waals surface area contributed by atoms with Crippen molar-refractivity contribution in [3.05, 3.63) is 84.2 Å². The van der Waals surface area contributed by atoms with E-state index < -0.39 is 29.9 Å². The van der Waals surface area contributed by atoms with Crippen LogP contribution in [0.3, 0.4) is 0 Å². The molecule has 1 aliphatic heterocycles. The third-order valence-corrected chi connectivity index (χ3v) is 8.66. The summed E-state index contributed by atoms with van der Waals surface area (Å²) >= 11 is 0. The van der Waals surface area contributed by atoms with Crippen molar-refractivity contribution in [2.24, 2.45) is 5.41 Å². The third-order valence-electron chi connectivity index (χ3n) is 8.66. The Balaban J connectivity index is 1.03. The number of rotatable bonds is 10. The van der Waals surface area contributed by atoms with Crippen LogP contribution in [0.4, 0.5) is 4.39 Å². The molecule has 0 spiro atoms. The average molecular weight is 613 g/mol. The number of carboxylic acid groups (broad SMARTS) is 1. The molecule has 0 bridgehead atoms. The van der Waals surface area contributed by atoms with E-state index >= 15 is 0 Å². The van der Waals surface area contributed by atoms with Gasteiger partial charge in [-0.3, -0.25) is 19.3 Å². The minimum absolute atomic E-state index is 0.0854. The zero-order chi connectivity index (χ0) is 31.4. The molecular weight excluding hydrogens is 579 g/mol. The van der Waals surface area contributed by atoms with Crippen LogP contribution in [-0.2, 0) is 25.7 Å². The second-order valence-electron chi connectivity index (χ2n) is 11.6. The molecule has 0 unspecified atom stereocenters. The Morgan fingerprint density at radius 3 is 2.33 bits per heavy atom. The summed E-state index contributed by atoms with van der Waals surface area (Å²) in [5.41, 5.74) is 1.78. The lowest BCUT2D eigenvalue weighted by molar-refractivity contribution is -0.174. The molecule has 2 heterocycles. The molecule has 0 atom stereocenters. The van der Waals surface area contributed by atoms with Gasteiger partial charge >= 0.3 is 11.9 Å². The summed E-state index contributed by atoms with van der Waals surface area (Å²) < 4.78 is 25.4. The molecule has 0 radical (unpaired) electrons. The van der Waals surface area contributed by atoms with Crippen molar-refractivity contribution in [2.75, 3.05) is 19.7 Å². The van der Waals surface area contributed by atoms with E-state index in [0.717, 1.165) is 36.0 Å². The van der Waals surface area contributed by atoms with Gasteiger partial charge in [-0.25, -0.2) is 4.39 Å². The van der Waals surface area contributed by atoms with Gasteiger partial charge in [0.1, 0.15) is 5.82 Å². The molecule has 1 saturated heterocycles. The molecule has 1 saturated carbocycles. The SMILES string of the molecule is O=C(COC(=O)C1(C(=O)O)CCN(Cc2ccc(-c3noc(-c4ccc(-c5ccccc5)c(F)c4)n3)cc2)CC1)NC1CCC1. The topological polar surface area (TPSA) is 135 Å². The van der Waals surface area contributed by atoms with E-state index in [1.165, 1.54) is 6.07 Å². The molecule has 232 valence electrons. The van der Waals surface area contributed by atoms with E-state index in [2.05, 4.69) is 20.4 Å². The monoisotopic (exact) mass is 612 g/mol. The first-order chi connectivity index (χ1) is 21.8. The fraction of sp³-hybridized carbons (Fsp3) is 0.324. The maximum Gasteiger partial charge on any atom is 0.324 e. The van der Waals surface area contributed by atoms with Gasteiger partial charge in [0.25, 0.3) is 11.8 Å². The highest BCUT2D eigenvalue weighted by Crippen LogP contribution is 2.34. The van der Waals surface area contributed by atoms with Crippen LogP contribution in [0.2, 0.25) is 0 Å². The zero-order valence-electron chi connectivity index (χ0n) is 24.6. The number of ether oxygens (including phenoxy) is 1. The highest BCUT2D eigenvalue weighted by molar-refractivity contribution is 6.00. The Hall–Kier alpha value is -4.90. The number of halogens is 1. The van der Waals surface area contributed by atoms with Crippen LogP contribution in [0, 0.1) is 11.2 Å². The molecular formula is C34H33FN4O6. The predicted molar refractivity (Wildman–Crippen MR) is 162 cm³/mol. The number of hydrogen-bond donors (Lipinski definition) is 2. The Morgan fingerprint density at radius 1 is 0.978 bits per heavy atom. The van der Waals surface area contributed by atoms with Crippen molar-refractivity contribution in [3.8, 4) is 34.0 Å². The second-order valence-corrected chi connectivity index (χ2v) is 11.6. The molecule has 3 aromatic carbocycles. The number of carboxylic acids is 1. The smallest absolute Gasteiger partial charge is 0.324 e. The summed E-state index contributed by atoms with van der Waals surface area (Å²) in [5, 5.41) is 16.8. The Kier molecular flexibility index (Phi) is 8.70. The molecule has 2 fully saturated rings. The van der Waals surface area contributed by atoms with Crippen molar-refractivity contribution in [1.82, 2.24) is 20.4 Å². The summed E-state index contributed by atoms with van der Waals surface area (Å²) in [6, 6.07) is 21.8. The van der Waals surface area contributed by atoms with Gasteiger partial charge in [-0.05, 0) is 55.4 Å². The van der Waals surface area contributed by atoms with E-state index in [-0.39, 0.29) is 30.6 Å². The van der Waals surface area contributed by atoms with Crippen LogP contribution in [0.5, 0.6) is 0 Å². The van der Waals surface area contributed by atoms with Crippen LogP contribution in [0.1, 0.15) is 37.7 Å². The fourth-order valence-electron chi connectivity index (χ4n) is 5.66. The lowest BCUT2D eigenvalue weighted by Gasteiger charge is -2.37. The highest BCUT2D eigenvalue weighted by atomic mass is 19.1. The summed E-state index contributed by atoms with van der Waals surface area (Å²) in [5.74, 6) is -2.31. The predicted octanol–water partition coefficient (Wildman–Crippen LogP) is 5.09. The summed E-state index contributed by atoms with van der Waals surface area (Å²) in [7, 11) is 0. The molecule has 1 amide bonds. The second kappa shape index (κ2) is 13.0. The van der Waals surface area contributed by atoms with Gasteiger partial charge in [-0.1, -0.05) is 65.8 Å². The van der Waals surface area contributed by atoms with Crippen LogP contribution in [0.15, 0.2) is 77.3 Å². The average Bonchev–Trinajstić information content (AvgIpc) is 3.53. The van der Waals surface area contributed by atoms with E-state index in [0.29, 0.717) is 36.6 Å². The number of amides is 1. The van der Waals surface area contributed by atoms with Gasteiger partial charge in [0.2, 0.25) is 5.82 Å². The third kappa shape index (κ3) is 6.63. The number of esters is 1. The van der Waals surface area contributed by atoms with Gasteiger partial charge in [0.05, 0.1) is 0 Å². The number of piperidine rings is 1. The standard InChI is InChI=1S/C34H33FN4O6/c35-28-19-25(13-14-27(28)23-5-2-1-3-6-23)31-37-30(38-45-31)24-11-9-22(10-12-24)20-39-17-15-34(16-18-39,32(41)42)33(43)44-21-29(40)36-26-7-4-8-26/h1-3,5-6,9-14,19,26H,4,7-8,15-18,20-21H2,(H,36,40)(H,41,42). The van der Waals surface area contributed by atoms with E-state index in [1.807, 2.05) is 54.6 Å². The summed E-state index contributed by atoms with van der Waals surface area (Å²) in [6.07, 6.45) is 3.04. The maximum atomic E-state index is 14.9. The number of carbonyl (C=O) groups excluding carboxylic acids is 2. The lowest BCUT2D eigenvalue weighted by Crippen LogP contribution is -2.50. The van der Waals surface area contributed by atoms with Gasteiger partial charge < -0.3 is 19.7 Å². The number of aliphatic carboxylic acids is 1. The van der Waals surface area contributed by atoms with E-state index in [4.69, 9.17) is 9.26 Å². The molecule has 2 N–H and O–H groups in total. The summed E-state index contributed by atoms with van der Waals surface area (Å²) in [4.78, 5) is 43.5. The number of carbonyl (C=O) groups is 3. The molecule has 1 aromatic heterocycles. The molecule has 45 heavy (non-hydrogen) atoms. The maximum absolute atomic E-state index is 14.9. The molecule has 4 aromatic rings. The summed E-state index contributed by atoms with van der Waals surface area (Å²) in [6.45, 7) is 0.843. The molecule has 2 aliphatic rings. The number of aromatic nitrogens is 2. The van der Waals surface area contributed by atoms with E-state index in [1.54, 1.807) is 12.1 Å². The van der Waals surface area contributed by atoms with Crippen LogP contribution in [-0.4, -0.2) is 63.7 Å². The minimum Gasteiger partial charge on any atom is -0.480 e. The molecule has 1 aliphatic carbocycles. The van der Waals surface area contributed by atoms with E-state index in [9.17, 15) is 23.9 Å². The first kappa shape index (κ1) is 30.1. The van der Waals surface area contributed by atoms with Crippen molar-refractivity contribution in [2.45, 2.75) is 44.7 Å². The first-order valence-electron chi connectivity index (χ1n) is 15.0. The lowest BCUT2D eigenvalue weighted by atomic mass is 9.78. The highest BCUT2D eigenvalue weighted by Gasteiger charge is 2.49. The van der Waals surface area contributed by atoms with Crippen LogP contribution in [0.25, 0.3) is 34.0 Å². The number of nitrogens with one attached hydrogen (secondary N) is 1. The first-order valence-corrected chi connectivity index (χ1v) is 15.0. The van der Waals surface area contributed by atoms with Gasteiger partial charge in [0, 0.05) is 42.4 Å². The Morgan fingerprint density at radius 2 is 1.69 bits per heavy atom. The van der Waals surface area contributed by atoms with Crippen molar-refractivity contribution in [3.63, 3.8) is 0 Å². The number of likely N-dealkylation sites (tertiary alicyclic amines) is 1. The zero-order valence-corrected chi connectivity index (χ0v) is 24.6. The Labute approximate surface area is 259 Å². The molecule has 11 heteroatoms. The van der Waals surface area contributed by atoms with Crippen LogP contribution >= 0.6 is 0 Å². The minimum atomic E-state index is -1.67. The number of hydrogen-bond acceptors (Lipinski definition) is 8. The van der Waals surface area contributed by atoms with Gasteiger partial charge in [0.15, 0.2) is 12.0 Å². The largest absolute Gasteiger partial charge is 0.480 e. The van der Waals surface area contributed by atoms with Crippen molar-refractivity contribution >= 4 is 17.8 Å². The number of benzene rings is 3. The van der Waals surface area contributed by atoms with Crippen LogP contribution < -0.4 is 5.32 Å². The normalized spacial score (nSPS) is 16.5. The molecule has 6 rings (SSSR count). The van der Waals surface area contributed by atoms with Gasteiger partial charge in [-0.2, -0.15) is 4.98 Å². The van der Waals surface area contributed by atoms with Gasteiger partial charge in [-0.15, -0.1) is 0 Å². The number of nitrogens with zero attached hydrogens (tertiary/aromatic N) is 3. The quantitative estimate of drug-likeness (QED) is 0.186. The van der Waals surface area contributed by atoms with Crippen molar-refractivity contribution < 1.29 is 33.1 Å². The Bertz CT molecular complexity index is 1680. The fourth-order valence-corrected chi connectivity index (χ4v) is 5.66. The van der Waals surface area contributed by atoms with Crippen molar-refractivity contribution in [1.29, 1.82) is 0 Å².